The number of anilines is 1. The number of nitrogens with zero attached hydrogens (tertiary/aromatic N) is 1. The maximum absolute atomic E-state index is 11.6. The number of hydrogen-bond donors (Lipinski definition) is 1. The van der Waals surface area contributed by atoms with Crippen molar-refractivity contribution in [2.24, 2.45) is 0 Å². The van der Waals surface area contributed by atoms with Gasteiger partial charge in [0.2, 0.25) is 0 Å². The molecule has 0 spiro atoms. The monoisotopic (exact) mass is 328 g/mol. The van der Waals surface area contributed by atoms with Crippen molar-refractivity contribution < 1.29 is 19.0 Å². The molecule has 6 nitrogen and oxygen atoms in total. The standard InChI is InChI=1S/C18H20N2O4/c1-2-22-18(21)14-5-7-17(20-12-14)19-11-13-4-6-15-16(10-13)24-9-3-8-23-15/h4-7,10,12H,2-3,8-9,11H2,1H3,(H,19,20). The van der Waals surface area contributed by atoms with Crippen LogP contribution < -0.4 is 14.8 Å². The molecule has 0 fully saturated rings. The van der Waals surface area contributed by atoms with Crippen LogP contribution in [0.2, 0.25) is 0 Å². The molecule has 0 atom stereocenters. The van der Waals surface area contributed by atoms with E-state index in [0.717, 1.165) is 23.5 Å². The van der Waals surface area contributed by atoms with Crippen molar-refractivity contribution in [1.29, 1.82) is 0 Å². The van der Waals surface area contributed by atoms with Crippen molar-refractivity contribution in [2.75, 3.05) is 25.1 Å². The Labute approximate surface area is 140 Å². The van der Waals surface area contributed by atoms with Crippen molar-refractivity contribution in [3.63, 3.8) is 0 Å². The Bertz CT molecular complexity index is 701. The van der Waals surface area contributed by atoms with Crippen LogP contribution in [0.1, 0.15) is 29.3 Å². The summed E-state index contributed by atoms with van der Waals surface area (Å²) in [5.74, 6) is 1.89. The lowest BCUT2D eigenvalue weighted by molar-refractivity contribution is 0.0526. The van der Waals surface area contributed by atoms with Crippen LogP contribution >= 0.6 is 0 Å². The van der Waals surface area contributed by atoms with E-state index in [1.807, 2.05) is 18.2 Å². The summed E-state index contributed by atoms with van der Waals surface area (Å²) in [6, 6.07) is 9.35. The second-order valence-corrected chi connectivity index (χ2v) is 5.34. The molecular formula is C18H20N2O4. The number of carbonyl (C=O) groups is 1. The van der Waals surface area contributed by atoms with E-state index in [1.165, 1.54) is 6.20 Å². The van der Waals surface area contributed by atoms with Crippen molar-refractivity contribution in [3.8, 4) is 11.5 Å². The Morgan fingerprint density at radius 3 is 2.79 bits per heavy atom. The minimum absolute atomic E-state index is 0.350. The van der Waals surface area contributed by atoms with Gasteiger partial charge in [-0.15, -0.1) is 0 Å². The molecule has 1 aliphatic rings. The van der Waals surface area contributed by atoms with Gasteiger partial charge in [0.15, 0.2) is 11.5 Å². The lowest BCUT2D eigenvalue weighted by atomic mass is 10.2. The molecule has 0 saturated carbocycles. The first-order chi connectivity index (χ1) is 11.8. The predicted molar refractivity (Wildman–Crippen MR) is 89.6 cm³/mol. The van der Waals surface area contributed by atoms with Gasteiger partial charge in [0.1, 0.15) is 5.82 Å². The van der Waals surface area contributed by atoms with E-state index >= 15 is 0 Å². The third-order valence-corrected chi connectivity index (χ3v) is 3.56. The van der Waals surface area contributed by atoms with Crippen LogP contribution in [-0.4, -0.2) is 30.8 Å². The molecule has 0 saturated heterocycles. The highest BCUT2D eigenvalue weighted by atomic mass is 16.5. The van der Waals surface area contributed by atoms with Gasteiger partial charge in [0.25, 0.3) is 0 Å². The van der Waals surface area contributed by atoms with E-state index in [0.29, 0.717) is 37.7 Å². The summed E-state index contributed by atoms with van der Waals surface area (Å²) < 4.78 is 16.2. The van der Waals surface area contributed by atoms with Crippen LogP contribution in [0.3, 0.4) is 0 Å². The summed E-state index contributed by atoms with van der Waals surface area (Å²) in [4.78, 5) is 15.8. The van der Waals surface area contributed by atoms with Crippen molar-refractivity contribution in [3.05, 3.63) is 47.7 Å². The topological polar surface area (TPSA) is 69.7 Å². The van der Waals surface area contributed by atoms with Crippen molar-refractivity contribution in [1.82, 2.24) is 4.98 Å². The van der Waals surface area contributed by atoms with Crippen molar-refractivity contribution >= 4 is 11.8 Å². The highest BCUT2D eigenvalue weighted by Crippen LogP contribution is 2.30. The first kappa shape index (κ1) is 16.1. The Morgan fingerprint density at radius 1 is 1.21 bits per heavy atom. The molecule has 2 heterocycles. The number of nitrogens with one attached hydrogen (secondary N) is 1. The Morgan fingerprint density at radius 2 is 2.04 bits per heavy atom. The SMILES string of the molecule is CCOC(=O)c1ccc(NCc2ccc3c(c2)OCCCO3)nc1. The maximum Gasteiger partial charge on any atom is 0.339 e. The molecule has 24 heavy (non-hydrogen) atoms. The number of pyridine rings is 1. The van der Waals surface area contributed by atoms with Gasteiger partial charge in [-0.2, -0.15) is 0 Å². The largest absolute Gasteiger partial charge is 0.490 e. The summed E-state index contributed by atoms with van der Waals surface area (Å²) in [5.41, 5.74) is 1.51. The average molecular weight is 328 g/mol. The van der Waals surface area contributed by atoms with Crippen LogP contribution in [0.5, 0.6) is 11.5 Å². The molecule has 1 aliphatic heterocycles. The van der Waals surface area contributed by atoms with Gasteiger partial charge >= 0.3 is 5.97 Å². The van der Waals surface area contributed by atoms with E-state index in [9.17, 15) is 4.79 Å². The zero-order valence-corrected chi connectivity index (χ0v) is 13.6. The molecular weight excluding hydrogens is 308 g/mol. The molecule has 0 unspecified atom stereocenters. The molecule has 1 aromatic heterocycles. The van der Waals surface area contributed by atoms with Gasteiger partial charge in [0.05, 0.1) is 25.4 Å². The molecule has 3 rings (SSSR count). The fourth-order valence-corrected chi connectivity index (χ4v) is 2.34. The molecule has 0 amide bonds. The number of aromatic nitrogens is 1. The van der Waals surface area contributed by atoms with Gasteiger partial charge in [-0.1, -0.05) is 6.07 Å². The summed E-state index contributed by atoms with van der Waals surface area (Å²) in [7, 11) is 0. The molecule has 0 bridgehead atoms. The third-order valence-electron chi connectivity index (χ3n) is 3.56. The highest BCUT2D eigenvalue weighted by molar-refractivity contribution is 5.89. The lowest BCUT2D eigenvalue weighted by Gasteiger charge is -2.10. The average Bonchev–Trinajstić information content (AvgIpc) is 2.85. The molecule has 6 heteroatoms. The molecule has 0 radical (unpaired) electrons. The summed E-state index contributed by atoms with van der Waals surface area (Å²) >= 11 is 0. The fraction of sp³-hybridized carbons (Fsp3) is 0.333. The van der Waals surface area contributed by atoms with Gasteiger partial charge < -0.3 is 19.5 Å². The van der Waals surface area contributed by atoms with Crippen LogP contribution in [0.15, 0.2) is 36.5 Å². The zero-order valence-electron chi connectivity index (χ0n) is 13.6. The van der Waals surface area contributed by atoms with Crippen LogP contribution in [0, 0.1) is 0 Å². The Balaban J connectivity index is 1.61. The second kappa shape index (κ2) is 7.68. The Kier molecular flexibility index (Phi) is 5.15. The third kappa shape index (κ3) is 3.95. The molecule has 1 N–H and O–H groups in total. The van der Waals surface area contributed by atoms with Crippen molar-refractivity contribution in [2.45, 2.75) is 19.9 Å². The minimum Gasteiger partial charge on any atom is -0.490 e. The van der Waals surface area contributed by atoms with Gasteiger partial charge in [-0.25, -0.2) is 9.78 Å². The number of fused-ring (bicyclic) bond motifs is 1. The molecule has 0 aliphatic carbocycles. The van der Waals surface area contributed by atoms with Crippen LogP contribution in [-0.2, 0) is 11.3 Å². The van der Waals surface area contributed by atoms with Crippen LogP contribution in [0.25, 0.3) is 0 Å². The maximum atomic E-state index is 11.6. The summed E-state index contributed by atoms with van der Waals surface area (Å²) in [6.07, 6.45) is 2.40. The summed E-state index contributed by atoms with van der Waals surface area (Å²) in [5, 5.41) is 3.22. The van der Waals surface area contributed by atoms with Gasteiger partial charge in [-0.05, 0) is 36.8 Å². The van der Waals surface area contributed by atoms with Crippen LogP contribution in [0.4, 0.5) is 5.82 Å². The fourth-order valence-electron chi connectivity index (χ4n) is 2.34. The Hall–Kier alpha value is -2.76. The first-order valence-corrected chi connectivity index (χ1v) is 8.02. The van der Waals surface area contributed by atoms with Gasteiger partial charge in [0, 0.05) is 19.2 Å². The number of ether oxygens (including phenoxy) is 3. The molecule has 1 aromatic carbocycles. The van der Waals surface area contributed by atoms with E-state index in [-0.39, 0.29) is 5.97 Å². The lowest BCUT2D eigenvalue weighted by Crippen LogP contribution is -2.06. The van der Waals surface area contributed by atoms with E-state index in [1.54, 1.807) is 19.1 Å². The molecule has 126 valence electrons. The number of benzene rings is 1. The quantitative estimate of drug-likeness (QED) is 0.851. The predicted octanol–water partition coefficient (Wildman–Crippen LogP) is 3.03. The minimum atomic E-state index is -0.362. The number of carbonyl (C=O) groups excluding carboxylic acids is 1. The van der Waals surface area contributed by atoms with E-state index in [2.05, 4.69) is 10.3 Å². The molecule has 2 aromatic rings. The normalized spacial score (nSPS) is 13.0. The number of esters is 1. The second-order valence-electron chi connectivity index (χ2n) is 5.34. The summed E-state index contributed by atoms with van der Waals surface area (Å²) in [6.45, 7) is 4.07. The van der Waals surface area contributed by atoms with Gasteiger partial charge in [-0.3, -0.25) is 0 Å². The highest BCUT2D eigenvalue weighted by Gasteiger charge is 2.11. The zero-order chi connectivity index (χ0) is 16.8. The van der Waals surface area contributed by atoms with E-state index < -0.39 is 0 Å². The smallest absolute Gasteiger partial charge is 0.339 e. The van der Waals surface area contributed by atoms with E-state index in [4.69, 9.17) is 14.2 Å². The number of hydrogen-bond acceptors (Lipinski definition) is 6. The number of rotatable bonds is 5. The first-order valence-electron chi connectivity index (χ1n) is 8.02.